The van der Waals surface area contributed by atoms with Crippen LogP contribution in [0, 0.1) is 0 Å². The van der Waals surface area contributed by atoms with Crippen molar-refractivity contribution >= 4 is 0 Å². The first-order valence-electron chi connectivity index (χ1n) is 5.34. The fraction of sp³-hybridized carbons (Fsp3) is 1.00. The molecule has 0 amide bonds. The molecule has 0 radical (unpaired) electrons. The van der Waals surface area contributed by atoms with Crippen molar-refractivity contribution in [2.24, 2.45) is 0 Å². The molecule has 0 aliphatic heterocycles. The normalized spacial score (nSPS) is 10.7. The van der Waals surface area contributed by atoms with Gasteiger partial charge in [-0.25, -0.2) is 9.78 Å². The van der Waals surface area contributed by atoms with E-state index in [1.807, 2.05) is 0 Å². The van der Waals surface area contributed by atoms with E-state index in [0.29, 0.717) is 13.2 Å². The Morgan fingerprint density at radius 1 is 0.857 bits per heavy atom. The van der Waals surface area contributed by atoms with Crippen molar-refractivity contribution in [1.82, 2.24) is 0 Å². The van der Waals surface area contributed by atoms with Crippen LogP contribution in [-0.2, 0) is 14.5 Å². The van der Waals surface area contributed by atoms with Crippen LogP contribution in [0.4, 0.5) is 0 Å². The lowest BCUT2D eigenvalue weighted by atomic mass is 10.3. The highest BCUT2D eigenvalue weighted by molar-refractivity contribution is 4.34. The molecule has 0 atom stereocenters. The predicted molar refractivity (Wildman–Crippen MR) is 54.0 cm³/mol. The van der Waals surface area contributed by atoms with E-state index in [2.05, 4.69) is 6.92 Å². The van der Waals surface area contributed by atoms with Gasteiger partial charge in [0.2, 0.25) is 0 Å². The molecule has 0 bridgehead atoms. The minimum Gasteiger partial charge on any atom is -0.396 e. The molecule has 86 valence electrons. The quantitative estimate of drug-likeness (QED) is 0.316. The van der Waals surface area contributed by atoms with Gasteiger partial charge < -0.3 is 9.84 Å². The summed E-state index contributed by atoms with van der Waals surface area (Å²) in [6, 6.07) is 0. The average molecular weight is 206 g/mol. The highest BCUT2D eigenvalue weighted by atomic mass is 17.2. The lowest BCUT2D eigenvalue weighted by molar-refractivity contribution is -0.296. The van der Waals surface area contributed by atoms with Gasteiger partial charge in [0.05, 0.1) is 13.2 Å². The molecule has 4 heteroatoms. The number of hydrogen-bond acceptors (Lipinski definition) is 4. The van der Waals surface area contributed by atoms with Crippen LogP contribution >= 0.6 is 0 Å². The van der Waals surface area contributed by atoms with E-state index in [1.165, 1.54) is 0 Å². The molecule has 0 aliphatic carbocycles. The van der Waals surface area contributed by atoms with E-state index in [0.717, 1.165) is 38.9 Å². The lowest BCUT2D eigenvalue weighted by Gasteiger charge is -2.04. The maximum Gasteiger partial charge on any atom is 0.0844 e. The lowest BCUT2D eigenvalue weighted by Crippen LogP contribution is -2.03. The second-order valence-corrected chi connectivity index (χ2v) is 3.04. The summed E-state index contributed by atoms with van der Waals surface area (Å²) in [6.45, 7) is 4.97. The molecule has 0 aromatic heterocycles. The first-order valence-corrected chi connectivity index (χ1v) is 5.34. The Bertz CT molecular complexity index is 86.1. The number of rotatable bonds is 11. The maximum absolute atomic E-state index is 8.48. The zero-order valence-electron chi connectivity index (χ0n) is 9.04. The van der Waals surface area contributed by atoms with Crippen LogP contribution in [0.5, 0.6) is 0 Å². The predicted octanol–water partition coefficient (Wildman–Crippen LogP) is 1.52. The molecule has 0 saturated heterocycles. The van der Waals surface area contributed by atoms with Gasteiger partial charge in [0.1, 0.15) is 0 Å². The average Bonchev–Trinajstić information content (AvgIpc) is 2.21. The standard InChI is InChI=1S/C10H22O4/c1-2-7-12-8-5-10-14-13-9-4-3-6-11/h11H,2-10H2,1H3. The highest BCUT2D eigenvalue weighted by Crippen LogP contribution is 1.91. The molecule has 0 spiro atoms. The van der Waals surface area contributed by atoms with Crippen LogP contribution in [0.15, 0.2) is 0 Å². The maximum atomic E-state index is 8.48. The van der Waals surface area contributed by atoms with Gasteiger partial charge in [-0.3, -0.25) is 0 Å². The largest absolute Gasteiger partial charge is 0.396 e. The Morgan fingerprint density at radius 3 is 2.21 bits per heavy atom. The molecule has 0 aromatic carbocycles. The SMILES string of the molecule is CCCOCCCOOCCCCO. The molecule has 0 aliphatic rings. The summed E-state index contributed by atoms with van der Waals surface area (Å²) in [4.78, 5) is 9.77. The summed E-state index contributed by atoms with van der Waals surface area (Å²) in [5.41, 5.74) is 0. The van der Waals surface area contributed by atoms with Crippen molar-refractivity contribution in [3.8, 4) is 0 Å². The van der Waals surface area contributed by atoms with E-state index in [9.17, 15) is 0 Å². The first kappa shape index (κ1) is 13.8. The summed E-state index contributed by atoms with van der Waals surface area (Å²) < 4.78 is 5.26. The Hall–Kier alpha value is -0.160. The Morgan fingerprint density at radius 2 is 1.57 bits per heavy atom. The smallest absolute Gasteiger partial charge is 0.0844 e. The van der Waals surface area contributed by atoms with Crippen molar-refractivity contribution in [2.45, 2.75) is 32.6 Å². The molecule has 0 aromatic rings. The van der Waals surface area contributed by atoms with Crippen LogP contribution in [0.2, 0.25) is 0 Å². The van der Waals surface area contributed by atoms with Crippen LogP contribution in [-0.4, -0.2) is 38.1 Å². The van der Waals surface area contributed by atoms with Gasteiger partial charge in [-0.05, 0) is 25.7 Å². The molecule has 0 fully saturated rings. The topological polar surface area (TPSA) is 47.9 Å². The molecule has 0 heterocycles. The molecule has 0 rings (SSSR count). The number of hydrogen-bond donors (Lipinski definition) is 1. The molecular weight excluding hydrogens is 184 g/mol. The fourth-order valence-electron chi connectivity index (χ4n) is 0.857. The van der Waals surface area contributed by atoms with Crippen molar-refractivity contribution < 1.29 is 19.6 Å². The molecular formula is C10H22O4. The number of aliphatic hydroxyl groups is 1. The minimum absolute atomic E-state index is 0.216. The zero-order valence-corrected chi connectivity index (χ0v) is 9.04. The Balaban J connectivity index is 2.78. The summed E-state index contributed by atoms with van der Waals surface area (Å²) in [5.74, 6) is 0. The third-order valence-electron chi connectivity index (χ3n) is 1.58. The molecule has 0 unspecified atom stereocenters. The third-order valence-corrected chi connectivity index (χ3v) is 1.58. The monoisotopic (exact) mass is 206 g/mol. The zero-order chi connectivity index (χ0) is 10.5. The summed E-state index contributed by atoms with van der Waals surface area (Å²) in [6.07, 6.45) is 3.52. The van der Waals surface area contributed by atoms with E-state index >= 15 is 0 Å². The van der Waals surface area contributed by atoms with Crippen molar-refractivity contribution in [2.75, 3.05) is 33.0 Å². The van der Waals surface area contributed by atoms with Gasteiger partial charge in [0.25, 0.3) is 0 Å². The number of ether oxygens (including phenoxy) is 1. The molecule has 0 saturated carbocycles. The Labute approximate surface area is 86.1 Å². The second kappa shape index (κ2) is 12.8. The van der Waals surface area contributed by atoms with Crippen LogP contribution in [0.25, 0.3) is 0 Å². The van der Waals surface area contributed by atoms with Gasteiger partial charge >= 0.3 is 0 Å². The van der Waals surface area contributed by atoms with E-state index in [1.54, 1.807) is 0 Å². The number of unbranched alkanes of at least 4 members (excludes halogenated alkanes) is 1. The van der Waals surface area contributed by atoms with E-state index < -0.39 is 0 Å². The number of aliphatic hydroxyl groups excluding tert-OH is 1. The van der Waals surface area contributed by atoms with Gasteiger partial charge in [-0.1, -0.05) is 6.92 Å². The van der Waals surface area contributed by atoms with Gasteiger partial charge in [-0.2, -0.15) is 0 Å². The van der Waals surface area contributed by atoms with Gasteiger partial charge in [-0.15, -0.1) is 0 Å². The summed E-state index contributed by atoms with van der Waals surface area (Å²) in [7, 11) is 0. The van der Waals surface area contributed by atoms with Crippen molar-refractivity contribution in [1.29, 1.82) is 0 Å². The third kappa shape index (κ3) is 11.8. The van der Waals surface area contributed by atoms with Crippen molar-refractivity contribution in [3.05, 3.63) is 0 Å². The minimum atomic E-state index is 0.216. The van der Waals surface area contributed by atoms with Gasteiger partial charge in [0.15, 0.2) is 0 Å². The second-order valence-electron chi connectivity index (χ2n) is 3.04. The summed E-state index contributed by atoms with van der Waals surface area (Å²) >= 11 is 0. The van der Waals surface area contributed by atoms with Crippen LogP contribution < -0.4 is 0 Å². The first-order chi connectivity index (χ1) is 6.91. The fourth-order valence-corrected chi connectivity index (χ4v) is 0.857. The van der Waals surface area contributed by atoms with Gasteiger partial charge in [0, 0.05) is 19.8 Å². The van der Waals surface area contributed by atoms with E-state index in [-0.39, 0.29) is 6.61 Å². The molecule has 1 N–H and O–H groups in total. The highest BCUT2D eigenvalue weighted by Gasteiger charge is 1.91. The van der Waals surface area contributed by atoms with E-state index in [4.69, 9.17) is 19.6 Å². The van der Waals surface area contributed by atoms with Crippen molar-refractivity contribution in [3.63, 3.8) is 0 Å². The molecule has 14 heavy (non-hydrogen) atoms. The molecule has 4 nitrogen and oxygen atoms in total. The Kier molecular flexibility index (Phi) is 12.7. The van der Waals surface area contributed by atoms with Crippen LogP contribution in [0.3, 0.4) is 0 Å². The summed E-state index contributed by atoms with van der Waals surface area (Å²) in [5, 5.41) is 8.48. The van der Waals surface area contributed by atoms with Crippen LogP contribution in [0.1, 0.15) is 32.6 Å².